The molecule has 0 saturated carbocycles. The van der Waals surface area contributed by atoms with E-state index in [2.05, 4.69) is 0 Å². The van der Waals surface area contributed by atoms with E-state index in [-0.39, 0.29) is 25.5 Å². The third kappa shape index (κ3) is 8.33. The quantitative estimate of drug-likeness (QED) is 0.306. The Kier molecular flexibility index (Phi) is 10.1. The summed E-state index contributed by atoms with van der Waals surface area (Å²) in [6, 6.07) is 8.44. The van der Waals surface area contributed by atoms with E-state index >= 15 is 0 Å². The van der Waals surface area contributed by atoms with Gasteiger partial charge in [-0.2, -0.15) is 0 Å². The Bertz CT molecular complexity index is 765. The molecule has 174 valence electrons. The number of halogens is 1. The number of nitrogens with zero attached hydrogens (tertiary/aromatic N) is 1. The Morgan fingerprint density at radius 1 is 1.23 bits per heavy atom. The van der Waals surface area contributed by atoms with E-state index in [9.17, 15) is 28.5 Å². The molecule has 4 N–H and O–H groups in total. The molecule has 31 heavy (non-hydrogen) atoms. The summed E-state index contributed by atoms with van der Waals surface area (Å²) in [6.45, 7) is 0.0184. The van der Waals surface area contributed by atoms with Crippen LogP contribution in [0.4, 0.5) is 4.39 Å². The van der Waals surface area contributed by atoms with Crippen molar-refractivity contribution in [3.05, 3.63) is 35.9 Å². The van der Waals surface area contributed by atoms with E-state index in [0.29, 0.717) is 32.2 Å². The van der Waals surface area contributed by atoms with Gasteiger partial charge in [-0.25, -0.2) is 9.18 Å². The number of benzene rings is 1. The summed E-state index contributed by atoms with van der Waals surface area (Å²) in [5, 5.41) is 9.29. The van der Waals surface area contributed by atoms with Gasteiger partial charge in [0, 0.05) is 6.42 Å². The van der Waals surface area contributed by atoms with Gasteiger partial charge in [0.05, 0.1) is 12.7 Å². The first-order chi connectivity index (χ1) is 14.7. The van der Waals surface area contributed by atoms with E-state index in [4.69, 9.17) is 10.3 Å². The van der Waals surface area contributed by atoms with Gasteiger partial charge in [0.25, 0.3) is 5.91 Å². The topological polar surface area (TPSA) is 130 Å². The summed E-state index contributed by atoms with van der Waals surface area (Å²) in [6.07, 6.45) is -0.143. The van der Waals surface area contributed by atoms with Gasteiger partial charge >= 0.3 is 13.6 Å². The van der Waals surface area contributed by atoms with Crippen molar-refractivity contribution in [2.24, 2.45) is 5.73 Å². The Balaban J connectivity index is 1.96. The molecule has 1 amide bonds. The van der Waals surface area contributed by atoms with Crippen LogP contribution in [-0.4, -0.2) is 64.3 Å². The second-order valence-corrected chi connectivity index (χ2v) is 9.79. The second kappa shape index (κ2) is 12.3. The maximum Gasteiger partial charge on any atom is 0.328 e. The van der Waals surface area contributed by atoms with Crippen molar-refractivity contribution in [2.45, 2.75) is 63.3 Å². The van der Waals surface area contributed by atoms with Crippen molar-refractivity contribution >= 4 is 19.5 Å². The molecule has 0 aromatic heterocycles. The van der Waals surface area contributed by atoms with Crippen molar-refractivity contribution in [3.63, 3.8) is 0 Å². The van der Waals surface area contributed by atoms with Crippen LogP contribution < -0.4 is 5.73 Å². The number of unbranched alkanes of at least 4 members (excludes halogenated alkanes) is 2. The number of hydrogen-bond acceptors (Lipinski definition) is 5. The van der Waals surface area contributed by atoms with Crippen molar-refractivity contribution in [2.75, 3.05) is 19.3 Å². The lowest BCUT2D eigenvalue weighted by Crippen LogP contribution is -2.46. The summed E-state index contributed by atoms with van der Waals surface area (Å²) in [5.74, 6) is -2.06. The number of nitrogens with two attached hydrogens (primary N) is 1. The highest BCUT2D eigenvalue weighted by Crippen LogP contribution is 2.45. The normalized spacial score (nSPS) is 21.6. The predicted octanol–water partition coefficient (Wildman–Crippen LogP) is 2.73. The number of amides is 1. The summed E-state index contributed by atoms with van der Waals surface area (Å²) in [7, 11) is -4.09. The molecule has 1 heterocycles. The van der Waals surface area contributed by atoms with E-state index in [1.54, 1.807) is 0 Å². The molecule has 8 nitrogen and oxygen atoms in total. The van der Waals surface area contributed by atoms with Gasteiger partial charge in [0.2, 0.25) is 0 Å². The van der Waals surface area contributed by atoms with E-state index in [0.717, 1.165) is 16.9 Å². The third-order valence-electron chi connectivity index (χ3n) is 5.30. The SMILES string of the molecule is NCCCC[C@H](OP(=O)(O)CCCCc1ccccc1)C(=O)N1C[C@@H](F)C[C@H]1C(=O)O. The molecule has 1 aromatic rings. The highest BCUT2D eigenvalue weighted by molar-refractivity contribution is 7.52. The van der Waals surface area contributed by atoms with Crippen molar-refractivity contribution in [1.29, 1.82) is 0 Å². The lowest BCUT2D eigenvalue weighted by atomic mass is 10.1. The number of aliphatic carboxylic acids is 1. The molecule has 0 aliphatic carbocycles. The lowest BCUT2D eigenvalue weighted by molar-refractivity contribution is -0.151. The third-order valence-corrected chi connectivity index (χ3v) is 6.77. The minimum Gasteiger partial charge on any atom is -0.480 e. The number of hydrogen-bond donors (Lipinski definition) is 3. The summed E-state index contributed by atoms with van der Waals surface area (Å²) in [5.41, 5.74) is 6.61. The van der Waals surface area contributed by atoms with E-state index < -0.39 is 37.8 Å². The molecule has 0 spiro atoms. The van der Waals surface area contributed by atoms with Crippen LogP contribution in [-0.2, 0) is 25.1 Å². The minimum absolute atomic E-state index is 0.115. The number of likely N-dealkylation sites (tertiary alicyclic amines) is 1. The molecule has 4 atom stereocenters. The minimum atomic E-state index is -4.09. The molecule has 1 aromatic carbocycles. The fourth-order valence-electron chi connectivity index (χ4n) is 3.68. The second-order valence-electron chi connectivity index (χ2n) is 7.86. The summed E-state index contributed by atoms with van der Waals surface area (Å²) in [4.78, 5) is 35.5. The fraction of sp³-hybridized carbons (Fsp3) is 0.619. The van der Waals surface area contributed by atoms with Crippen LogP contribution in [0, 0.1) is 0 Å². The summed E-state index contributed by atoms with van der Waals surface area (Å²) < 4.78 is 31.7. The molecule has 0 bridgehead atoms. The van der Waals surface area contributed by atoms with Gasteiger partial charge in [-0.05, 0) is 50.6 Å². The average Bonchev–Trinajstić information content (AvgIpc) is 3.13. The van der Waals surface area contributed by atoms with Gasteiger partial charge < -0.3 is 20.6 Å². The molecule has 1 aliphatic rings. The number of carbonyl (C=O) groups is 2. The van der Waals surface area contributed by atoms with Gasteiger partial charge in [-0.3, -0.25) is 13.9 Å². The van der Waals surface area contributed by atoms with Gasteiger partial charge in [0.15, 0.2) is 0 Å². The van der Waals surface area contributed by atoms with Crippen molar-refractivity contribution < 1.29 is 33.1 Å². The van der Waals surface area contributed by atoms with Crippen LogP contribution in [0.3, 0.4) is 0 Å². The first kappa shape index (κ1) is 25.5. The Hall–Kier alpha value is -1.80. The van der Waals surface area contributed by atoms with Crippen molar-refractivity contribution in [1.82, 2.24) is 4.90 Å². The molecule has 2 rings (SSSR count). The zero-order valence-electron chi connectivity index (χ0n) is 17.6. The zero-order chi connectivity index (χ0) is 22.9. The van der Waals surface area contributed by atoms with Gasteiger partial charge in [0.1, 0.15) is 18.3 Å². The molecule has 1 unspecified atom stereocenters. The smallest absolute Gasteiger partial charge is 0.328 e. The number of aryl methyl sites for hydroxylation is 1. The molecule has 1 saturated heterocycles. The highest BCUT2D eigenvalue weighted by atomic mass is 31.2. The standard InChI is InChI=1S/C21H32FN2O6P/c22-17-14-18(21(26)27)24(15-17)20(25)19(11-4-6-12-23)30-31(28,29)13-7-5-10-16-8-2-1-3-9-16/h1-3,8-9,17-19H,4-7,10-15,23H2,(H,26,27)(H,28,29)/t17-,18-,19-/m0/s1. The van der Waals surface area contributed by atoms with Gasteiger partial charge in [-0.1, -0.05) is 30.3 Å². The van der Waals surface area contributed by atoms with E-state index in [1.165, 1.54) is 0 Å². The van der Waals surface area contributed by atoms with Gasteiger partial charge in [-0.15, -0.1) is 0 Å². The summed E-state index contributed by atoms with van der Waals surface area (Å²) >= 11 is 0. The first-order valence-electron chi connectivity index (χ1n) is 10.6. The number of carboxylic acid groups (broad SMARTS) is 1. The number of carboxylic acids is 1. The average molecular weight is 458 g/mol. The molecule has 1 aliphatic heterocycles. The van der Waals surface area contributed by atoms with E-state index in [1.807, 2.05) is 30.3 Å². The Morgan fingerprint density at radius 3 is 2.58 bits per heavy atom. The predicted molar refractivity (Wildman–Crippen MR) is 115 cm³/mol. The van der Waals surface area contributed by atoms with Crippen LogP contribution in [0.1, 0.15) is 44.1 Å². The molecule has 0 radical (unpaired) electrons. The van der Waals surface area contributed by atoms with Crippen LogP contribution in [0.5, 0.6) is 0 Å². The monoisotopic (exact) mass is 458 g/mol. The maximum atomic E-state index is 13.8. The largest absolute Gasteiger partial charge is 0.480 e. The fourth-order valence-corrected chi connectivity index (χ4v) is 5.00. The molecular formula is C21H32FN2O6P. The molecule has 10 heteroatoms. The van der Waals surface area contributed by atoms with Crippen LogP contribution >= 0.6 is 7.60 Å². The van der Waals surface area contributed by atoms with Crippen molar-refractivity contribution in [3.8, 4) is 0 Å². The van der Waals surface area contributed by atoms with Crippen LogP contribution in [0.15, 0.2) is 30.3 Å². The lowest BCUT2D eigenvalue weighted by Gasteiger charge is -2.27. The number of alkyl halides is 1. The maximum absolute atomic E-state index is 13.8. The number of rotatable bonds is 13. The number of carbonyl (C=O) groups excluding carboxylic acids is 1. The molecule has 1 fully saturated rings. The first-order valence-corrected chi connectivity index (χ1v) is 12.4. The molecular weight excluding hydrogens is 426 g/mol. The van der Waals surface area contributed by atoms with Crippen LogP contribution in [0.25, 0.3) is 0 Å². The Morgan fingerprint density at radius 2 is 1.94 bits per heavy atom. The highest BCUT2D eigenvalue weighted by Gasteiger charge is 2.43. The zero-order valence-corrected chi connectivity index (χ0v) is 18.5. The Labute approximate surface area is 182 Å². The van der Waals surface area contributed by atoms with Crippen LogP contribution in [0.2, 0.25) is 0 Å².